The zero-order valence-corrected chi connectivity index (χ0v) is 23.6. The number of fused-ring (bicyclic) bond motifs is 3. The van der Waals surface area contributed by atoms with Crippen LogP contribution in [0.4, 0.5) is 13.2 Å². The standard InChI is InChI=1S/C30H50F3NO3/c1-27(2)14-9-24-28(3,15-10-25-29(24,4)20-36-26(37-25)21-7-5-6-8-21)23(27)13-18-35-22-11-16-34(17-12-22)19-30(31,32)33/h21-26H,5-20H2,1-4H3/t23-,24?,25-,26-,28+,29+/m1/s1. The minimum atomic E-state index is -4.12. The normalized spacial score (nSPS) is 41.9. The molecular weight excluding hydrogens is 479 g/mol. The molecule has 0 radical (unpaired) electrons. The van der Waals surface area contributed by atoms with Crippen molar-refractivity contribution in [2.45, 2.75) is 123 Å². The van der Waals surface area contributed by atoms with Gasteiger partial charge in [-0.25, -0.2) is 0 Å². The van der Waals surface area contributed by atoms with E-state index in [0.29, 0.717) is 56.4 Å². The minimum absolute atomic E-state index is 0.00305. The smallest absolute Gasteiger partial charge is 0.378 e. The van der Waals surface area contributed by atoms with E-state index in [-0.39, 0.29) is 28.6 Å². The second-order valence-corrected chi connectivity index (χ2v) is 14.3. The molecule has 4 nitrogen and oxygen atoms in total. The molecule has 5 fully saturated rings. The van der Waals surface area contributed by atoms with Crippen molar-refractivity contribution in [1.82, 2.24) is 4.90 Å². The number of piperidine rings is 1. The van der Waals surface area contributed by atoms with Crippen molar-refractivity contribution >= 4 is 0 Å². The Hall–Kier alpha value is -0.370. The van der Waals surface area contributed by atoms with E-state index in [9.17, 15) is 13.2 Å². The average Bonchev–Trinajstić information content (AvgIpc) is 3.35. The van der Waals surface area contributed by atoms with Crippen molar-refractivity contribution in [1.29, 1.82) is 0 Å². The molecule has 37 heavy (non-hydrogen) atoms. The highest BCUT2D eigenvalue weighted by Gasteiger charge is 2.62. The summed E-state index contributed by atoms with van der Waals surface area (Å²) in [4.78, 5) is 1.51. The molecule has 7 heteroatoms. The van der Waals surface area contributed by atoms with Crippen LogP contribution < -0.4 is 0 Å². The zero-order valence-electron chi connectivity index (χ0n) is 23.6. The summed E-state index contributed by atoms with van der Waals surface area (Å²) in [6, 6.07) is 0. The van der Waals surface area contributed by atoms with Gasteiger partial charge >= 0.3 is 6.18 Å². The summed E-state index contributed by atoms with van der Waals surface area (Å²) in [5.74, 6) is 1.70. The molecule has 2 aliphatic heterocycles. The third-order valence-electron chi connectivity index (χ3n) is 11.4. The molecule has 0 N–H and O–H groups in total. The Morgan fingerprint density at radius 3 is 2.27 bits per heavy atom. The predicted octanol–water partition coefficient (Wildman–Crippen LogP) is 7.21. The van der Waals surface area contributed by atoms with E-state index in [1.165, 1.54) is 49.8 Å². The first kappa shape index (κ1) is 28.2. The maximum Gasteiger partial charge on any atom is 0.401 e. The average molecular weight is 530 g/mol. The second kappa shape index (κ2) is 10.6. The van der Waals surface area contributed by atoms with Crippen LogP contribution >= 0.6 is 0 Å². The van der Waals surface area contributed by atoms with E-state index in [1.54, 1.807) is 0 Å². The van der Waals surface area contributed by atoms with Crippen molar-refractivity contribution in [2.24, 2.45) is 34.0 Å². The summed E-state index contributed by atoms with van der Waals surface area (Å²) in [5, 5.41) is 0. The fraction of sp³-hybridized carbons (Fsp3) is 1.00. The lowest BCUT2D eigenvalue weighted by Crippen LogP contribution is -2.63. The highest BCUT2D eigenvalue weighted by Crippen LogP contribution is 2.66. The van der Waals surface area contributed by atoms with Crippen LogP contribution in [0.1, 0.15) is 98.3 Å². The van der Waals surface area contributed by atoms with Gasteiger partial charge in [0.1, 0.15) is 0 Å². The Kier molecular flexibility index (Phi) is 8.03. The maximum atomic E-state index is 12.7. The molecule has 2 heterocycles. The molecule has 0 amide bonds. The number of rotatable bonds is 6. The first-order valence-corrected chi connectivity index (χ1v) is 15.1. The molecule has 0 aromatic carbocycles. The molecule has 0 aromatic rings. The van der Waals surface area contributed by atoms with Gasteiger partial charge in [-0.05, 0) is 80.5 Å². The monoisotopic (exact) mass is 529 g/mol. The Morgan fingerprint density at radius 1 is 0.892 bits per heavy atom. The topological polar surface area (TPSA) is 30.9 Å². The number of likely N-dealkylation sites (tertiary alicyclic amines) is 1. The summed E-state index contributed by atoms with van der Waals surface area (Å²) < 4.78 is 57.7. The lowest BCUT2D eigenvalue weighted by Gasteiger charge is -2.65. The van der Waals surface area contributed by atoms with Crippen molar-refractivity contribution in [3.05, 3.63) is 0 Å². The van der Waals surface area contributed by atoms with E-state index in [2.05, 4.69) is 27.7 Å². The number of hydrogen-bond acceptors (Lipinski definition) is 4. The number of ether oxygens (including phenoxy) is 3. The summed E-state index contributed by atoms with van der Waals surface area (Å²) in [5.41, 5.74) is 0.527. The predicted molar refractivity (Wildman–Crippen MR) is 138 cm³/mol. The van der Waals surface area contributed by atoms with E-state index >= 15 is 0 Å². The van der Waals surface area contributed by atoms with Crippen LogP contribution in [0.15, 0.2) is 0 Å². The Morgan fingerprint density at radius 2 is 1.59 bits per heavy atom. The second-order valence-electron chi connectivity index (χ2n) is 14.3. The Bertz CT molecular complexity index is 777. The molecule has 5 rings (SSSR count). The molecule has 214 valence electrons. The summed E-state index contributed by atoms with van der Waals surface area (Å²) in [6.45, 7) is 11.5. The number of nitrogens with zero attached hydrogens (tertiary/aromatic N) is 1. The van der Waals surface area contributed by atoms with Gasteiger partial charge in [0.2, 0.25) is 0 Å². The van der Waals surface area contributed by atoms with Gasteiger partial charge in [-0.15, -0.1) is 0 Å². The zero-order chi connectivity index (χ0) is 26.5. The third kappa shape index (κ3) is 5.76. The molecule has 2 saturated heterocycles. The largest absolute Gasteiger partial charge is 0.401 e. The summed E-state index contributed by atoms with van der Waals surface area (Å²) >= 11 is 0. The lowest BCUT2D eigenvalue weighted by atomic mass is 9.42. The first-order valence-electron chi connectivity index (χ1n) is 15.1. The van der Waals surface area contributed by atoms with E-state index in [0.717, 1.165) is 19.4 Å². The summed E-state index contributed by atoms with van der Waals surface area (Å²) in [7, 11) is 0. The number of halogens is 3. The van der Waals surface area contributed by atoms with Gasteiger partial charge in [-0.2, -0.15) is 13.2 Å². The molecular formula is C30H50F3NO3. The third-order valence-corrected chi connectivity index (χ3v) is 11.4. The van der Waals surface area contributed by atoms with Crippen LogP contribution in [0, 0.1) is 34.0 Å². The summed E-state index contributed by atoms with van der Waals surface area (Å²) in [6.07, 6.45) is 8.52. The van der Waals surface area contributed by atoms with Gasteiger partial charge < -0.3 is 14.2 Å². The van der Waals surface area contributed by atoms with Crippen LogP contribution in [0.5, 0.6) is 0 Å². The van der Waals surface area contributed by atoms with E-state index < -0.39 is 12.7 Å². The molecule has 0 spiro atoms. The van der Waals surface area contributed by atoms with Crippen LogP contribution in [0.25, 0.3) is 0 Å². The van der Waals surface area contributed by atoms with E-state index in [4.69, 9.17) is 14.2 Å². The molecule has 6 atom stereocenters. The fourth-order valence-corrected chi connectivity index (χ4v) is 9.50. The number of hydrogen-bond donors (Lipinski definition) is 0. The van der Waals surface area contributed by atoms with Gasteiger partial charge in [0, 0.05) is 31.0 Å². The lowest BCUT2D eigenvalue weighted by molar-refractivity contribution is -0.322. The van der Waals surface area contributed by atoms with E-state index in [1.807, 2.05) is 0 Å². The Labute approximate surface area is 222 Å². The highest BCUT2D eigenvalue weighted by atomic mass is 19.4. The van der Waals surface area contributed by atoms with Gasteiger partial charge in [0.05, 0.1) is 25.4 Å². The van der Waals surface area contributed by atoms with Crippen LogP contribution in [-0.4, -0.2) is 62.4 Å². The first-order chi connectivity index (χ1) is 17.4. The molecule has 0 bridgehead atoms. The molecule has 3 aliphatic carbocycles. The van der Waals surface area contributed by atoms with Crippen LogP contribution in [0.3, 0.4) is 0 Å². The molecule has 5 aliphatic rings. The van der Waals surface area contributed by atoms with Crippen LogP contribution in [0.2, 0.25) is 0 Å². The van der Waals surface area contributed by atoms with Gasteiger partial charge in [0.15, 0.2) is 6.29 Å². The van der Waals surface area contributed by atoms with Gasteiger partial charge in [0.25, 0.3) is 0 Å². The van der Waals surface area contributed by atoms with Crippen molar-refractivity contribution in [3.8, 4) is 0 Å². The van der Waals surface area contributed by atoms with Gasteiger partial charge in [-0.1, -0.05) is 40.5 Å². The number of alkyl halides is 3. The SMILES string of the molecule is CC1(C)CCC2[C@]3(C)CO[C@@H](C4CCCC4)O[C@@H]3CC[C@@]2(C)[C@@H]1CCOC1CCN(CC(F)(F)F)CC1. The van der Waals surface area contributed by atoms with Crippen molar-refractivity contribution in [3.63, 3.8) is 0 Å². The quantitative estimate of drug-likeness (QED) is 0.364. The van der Waals surface area contributed by atoms with Crippen LogP contribution in [-0.2, 0) is 14.2 Å². The molecule has 3 saturated carbocycles. The van der Waals surface area contributed by atoms with Gasteiger partial charge in [-0.3, -0.25) is 4.90 Å². The minimum Gasteiger partial charge on any atom is -0.378 e. The van der Waals surface area contributed by atoms with Crippen molar-refractivity contribution < 1.29 is 27.4 Å². The Balaban J connectivity index is 1.19. The maximum absolute atomic E-state index is 12.7. The highest BCUT2D eigenvalue weighted by molar-refractivity contribution is 5.10. The van der Waals surface area contributed by atoms with Crippen molar-refractivity contribution in [2.75, 3.05) is 32.8 Å². The molecule has 0 aromatic heterocycles. The molecule has 1 unspecified atom stereocenters. The fourth-order valence-electron chi connectivity index (χ4n) is 9.50.